The van der Waals surface area contributed by atoms with Crippen LogP contribution in [-0.4, -0.2) is 62.3 Å². The molecule has 0 unspecified atom stereocenters. The summed E-state index contributed by atoms with van der Waals surface area (Å²) in [6.45, 7) is -0.522. The standard InChI is InChI=1S/C18H21N5O6S/c19-18-21-16-15(20-10-23(16)14-8-12(25)13(9-24)29-14)17(26)22(18)6-7-30(27,28)11-4-2-1-3-5-11/h1-5,10,12-14,24-25H,6-9H2,(H2,19,21)/t12-,13+,14+/m0/s1. The first-order valence-corrected chi connectivity index (χ1v) is 10.9. The molecule has 3 atom stereocenters. The van der Waals surface area contributed by atoms with E-state index in [0.29, 0.717) is 0 Å². The SMILES string of the molecule is Nc1nc2c(ncn2[C@H]2C[C@H](O)[C@@H](CO)O2)c(=O)n1CCS(=O)(=O)c1ccccc1. The predicted molar refractivity (Wildman–Crippen MR) is 106 cm³/mol. The summed E-state index contributed by atoms with van der Waals surface area (Å²) in [4.78, 5) is 21.3. The number of sulfone groups is 1. The van der Waals surface area contributed by atoms with Gasteiger partial charge in [-0.25, -0.2) is 13.4 Å². The molecule has 12 heteroatoms. The van der Waals surface area contributed by atoms with Crippen molar-refractivity contribution < 1.29 is 23.4 Å². The molecule has 160 valence electrons. The van der Waals surface area contributed by atoms with Crippen molar-refractivity contribution in [3.05, 3.63) is 47.0 Å². The van der Waals surface area contributed by atoms with Crippen molar-refractivity contribution in [3.63, 3.8) is 0 Å². The van der Waals surface area contributed by atoms with Crippen molar-refractivity contribution in [1.29, 1.82) is 0 Å². The fourth-order valence-electron chi connectivity index (χ4n) is 3.45. The van der Waals surface area contributed by atoms with Gasteiger partial charge in [-0.15, -0.1) is 0 Å². The number of imidazole rings is 1. The molecule has 3 heterocycles. The molecule has 4 rings (SSSR count). The summed E-state index contributed by atoms with van der Waals surface area (Å²) in [6.07, 6.45) is -0.730. The number of ether oxygens (including phenoxy) is 1. The number of hydrogen-bond donors (Lipinski definition) is 3. The van der Waals surface area contributed by atoms with Crippen LogP contribution < -0.4 is 11.3 Å². The minimum atomic E-state index is -3.61. The van der Waals surface area contributed by atoms with Crippen LogP contribution in [0.2, 0.25) is 0 Å². The minimum Gasteiger partial charge on any atom is -0.394 e. The molecule has 0 aliphatic carbocycles. The highest BCUT2D eigenvalue weighted by molar-refractivity contribution is 7.91. The molecule has 1 aliphatic rings. The second kappa shape index (κ2) is 7.80. The van der Waals surface area contributed by atoms with E-state index in [9.17, 15) is 23.4 Å². The Morgan fingerprint density at radius 1 is 1.27 bits per heavy atom. The van der Waals surface area contributed by atoms with Gasteiger partial charge in [0, 0.05) is 13.0 Å². The Morgan fingerprint density at radius 2 is 2.00 bits per heavy atom. The van der Waals surface area contributed by atoms with E-state index in [1.165, 1.54) is 23.0 Å². The third-order valence-corrected chi connectivity index (χ3v) is 6.80. The molecule has 4 N–H and O–H groups in total. The van der Waals surface area contributed by atoms with Crippen LogP contribution in [-0.2, 0) is 21.1 Å². The van der Waals surface area contributed by atoms with Crippen LogP contribution in [0.25, 0.3) is 11.2 Å². The third-order valence-electron chi connectivity index (χ3n) is 5.09. The smallest absolute Gasteiger partial charge is 0.283 e. The summed E-state index contributed by atoms with van der Waals surface area (Å²) in [6, 6.07) is 7.93. The summed E-state index contributed by atoms with van der Waals surface area (Å²) in [5.74, 6) is -0.486. The molecule has 0 bridgehead atoms. The fourth-order valence-corrected chi connectivity index (χ4v) is 4.68. The molecule has 0 amide bonds. The molecule has 1 fully saturated rings. The van der Waals surface area contributed by atoms with Crippen LogP contribution in [0.4, 0.5) is 5.95 Å². The molecule has 1 aliphatic heterocycles. The van der Waals surface area contributed by atoms with Crippen molar-refractivity contribution in [2.24, 2.45) is 0 Å². The number of benzene rings is 1. The summed E-state index contributed by atoms with van der Waals surface area (Å²) < 4.78 is 33.1. The highest BCUT2D eigenvalue weighted by atomic mass is 32.2. The molecule has 0 saturated carbocycles. The maximum absolute atomic E-state index is 12.9. The van der Waals surface area contributed by atoms with Crippen molar-refractivity contribution in [2.45, 2.75) is 36.3 Å². The zero-order chi connectivity index (χ0) is 21.5. The van der Waals surface area contributed by atoms with Crippen LogP contribution in [0, 0.1) is 0 Å². The molecule has 2 aromatic heterocycles. The third kappa shape index (κ3) is 3.58. The Kier molecular flexibility index (Phi) is 5.32. The number of nitrogen functional groups attached to an aromatic ring is 1. The number of aliphatic hydroxyl groups is 2. The van der Waals surface area contributed by atoms with Crippen molar-refractivity contribution >= 4 is 26.9 Å². The van der Waals surface area contributed by atoms with Crippen molar-refractivity contribution in [2.75, 3.05) is 18.1 Å². The molecular weight excluding hydrogens is 414 g/mol. The number of aliphatic hydroxyl groups excluding tert-OH is 2. The Bertz CT molecular complexity index is 1220. The zero-order valence-corrected chi connectivity index (χ0v) is 16.6. The van der Waals surface area contributed by atoms with Crippen LogP contribution >= 0.6 is 0 Å². The van der Waals surface area contributed by atoms with E-state index in [2.05, 4.69) is 9.97 Å². The number of fused-ring (bicyclic) bond motifs is 1. The van der Waals surface area contributed by atoms with Gasteiger partial charge in [-0.1, -0.05) is 18.2 Å². The van der Waals surface area contributed by atoms with E-state index < -0.39 is 33.8 Å². The highest BCUT2D eigenvalue weighted by Gasteiger charge is 2.35. The van der Waals surface area contributed by atoms with Crippen LogP contribution in [0.15, 0.2) is 46.3 Å². The molecule has 3 aromatic rings. The number of anilines is 1. The van der Waals surface area contributed by atoms with Crippen LogP contribution in [0.1, 0.15) is 12.6 Å². The van der Waals surface area contributed by atoms with Crippen LogP contribution in [0.3, 0.4) is 0 Å². The van der Waals surface area contributed by atoms with Gasteiger partial charge in [0.2, 0.25) is 5.95 Å². The van der Waals surface area contributed by atoms with E-state index in [0.717, 1.165) is 4.57 Å². The average Bonchev–Trinajstić information content (AvgIpc) is 3.31. The largest absolute Gasteiger partial charge is 0.394 e. The summed E-state index contributed by atoms with van der Waals surface area (Å²) >= 11 is 0. The number of nitrogens with two attached hydrogens (primary N) is 1. The molecule has 11 nitrogen and oxygen atoms in total. The summed E-state index contributed by atoms with van der Waals surface area (Å²) in [7, 11) is -3.61. The quantitative estimate of drug-likeness (QED) is 0.454. The first kappa shape index (κ1) is 20.5. The van der Waals surface area contributed by atoms with E-state index in [-0.39, 0.29) is 47.3 Å². The fraction of sp³-hybridized carbons (Fsp3) is 0.389. The van der Waals surface area contributed by atoms with E-state index in [1.807, 2.05) is 0 Å². The minimum absolute atomic E-state index is 0.00634. The van der Waals surface area contributed by atoms with Gasteiger partial charge in [0.05, 0.1) is 29.7 Å². The molecule has 0 radical (unpaired) electrons. The second-order valence-electron chi connectivity index (χ2n) is 7.00. The lowest BCUT2D eigenvalue weighted by Crippen LogP contribution is -2.28. The second-order valence-corrected chi connectivity index (χ2v) is 9.11. The van der Waals surface area contributed by atoms with Gasteiger partial charge in [0.25, 0.3) is 5.56 Å². The molecule has 0 spiro atoms. The highest BCUT2D eigenvalue weighted by Crippen LogP contribution is 2.30. The van der Waals surface area contributed by atoms with Gasteiger partial charge in [-0.3, -0.25) is 13.9 Å². The Balaban J connectivity index is 1.63. The van der Waals surface area contributed by atoms with E-state index in [4.69, 9.17) is 10.5 Å². The Labute approximate surface area is 171 Å². The number of rotatable bonds is 6. The van der Waals surface area contributed by atoms with Gasteiger partial charge in [-0.2, -0.15) is 4.98 Å². The average molecular weight is 435 g/mol. The topological polar surface area (TPSA) is 163 Å². The maximum Gasteiger partial charge on any atom is 0.283 e. The van der Waals surface area contributed by atoms with E-state index in [1.54, 1.807) is 18.2 Å². The van der Waals surface area contributed by atoms with Crippen LogP contribution in [0.5, 0.6) is 0 Å². The lowest BCUT2D eigenvalue weighted by Gasteiger charge is -2.14. The Hall–Kier alpha value is -2.80. The lowest BCUT2D eigenvalue weighted by molar-refractivity contribution is -0.0432. The number of hydrogen-bond acceptors (Lipinski definition) is 9. The number of aromatic nitrogens is 4. The maximum atomic E-state index is 12.9. The summed E-state index contributed by atoms with van der Waals surface area (Å²) in [5, 5.41) is 19.2. The summed E-state index contributed by atoms with van der Waals surface area (Å²) in [5.41, 5.74) is 5.55. The monoisotopic (exact) mass is 435 g/mol. The van der Waals surface area contributed by atoms with E-state index >= 15 is 0 Å². The first-order valence-electron chi connectivity index (χ1n) is 9.27. The first-order chi connectivity index (χ1) is 14.3. The molecular formula is C18H21N5O6S. The molecule has 30 heavy (non-hydrogen) atoms. The lowest BCUT2D eigenvalue weighted by atomic mass is 10.2. The predicted octanol–water partition coefficient (Wildman–Crippen LogP) is -0.710. The normalized spacial score (nSPS) is 22.0. The van der Waals surface area contributed by atoms with Gasteiger partial charge in [-0.05, 0) is 12.1 Å². The van der Waals surface area contributed by atoms with Crippen molar-refractivity contribution in [1.82, 2.24) is 19.1 Å². The van der Waals surface area contributed by atoms with Gasteiger partial charge >= 0.3 is 0 Å². The molecule has 1 aromatic carbocycles. The molecule has 1 saturated heterocycles. The number of nitrogens with zero attached hydrogens (tertiary/aromatic N) is 4. The zero-order valence-electron chi connectivity index (χ0n) is 15.8. The Morgan fingerprint density at radius 3 is 2.67 bits per heavy atom. The van der Waals surface area contributed by atoms with Gasteiger partial charge in [0.1, 0.15) is 12.3 Å². The van der Waals surface area contributed by atoms with Gasteiger partial charge < -0.3 is 20.7 Å². The van der Waals surface area contributed by atoms with Gasteiger partial charge in [0.15, 0.2) is 21.0 Å². The van der Waals surface area contributed by atoms with Crippen molar-refractivity contribution in [3.8, 4) is 0 Å².